The van der Waals surface area contributed by atoms with Crippen molar-refractivity contribution in [3.05, 3.63) is 60.2 Å². The van der Waals surface area contributed by atoms with Crippen LogP contribution >= 0.6 is 0 Å². The van der Waals surface area contributed by atoms with Gasteiger partial charge >= 0.3 is 6.09 Å². The van der Waals surface area contributed by atoms with Crippen molar-refractivity contribution in [2.24, 2.45) is 0 Å². The molecule has 27 heavy (non-hydrogen) atoms. The van der Waals surface area contributed by atoms with Crippen LogP contribution in [0.4, 0.5) is 4.79 Å². The van der Waals surface area contributed by atoms with E-state index in [0.717, 1.165) is 36.0 Å². The van der Waals surface area contributed by atoms with E-state index in [4.69, 9.17) is 4.74 Å². The number of aliphatic hydroxyl groups excluding tert-OH is 1. The van der Waals surface area contributed by atoms with Crippen LogP contribution in [0.2, 0.25) is 0 Å². The molecule has 4 heteroatoms. The molecule has 1 amide bonds. The lowest BCUT2D eigenvalue weighted by Gasteiger charge is -2.39. The van der Waals surface area contributed by atoms with Crippen molar-refractivity contribution in [1.82, 2.24) is 4.90 Å². The van der Waals surface area contributed by atoms with Crippen LogP contribution in [0, 0.1) is 0 Å². The Balaban J connectivity index is 1.76. The van der Waals surface area contributed by atoms with E-state index in [1.807, 2.05) is 63.2 Å². The minimum absolute atomic E-state index is 0.254. The van der Waals surface area contributed by atoms with E-state index in [9.17, 15) is 9.90 Å². The Morgan fingerprint density at radius 1 is 1.04 bits per heavy atom. The number of amides is 1. The van der Waals surface area contributed by atoms with E-state index in [0.29, 0.717) is 6.54 Å². The molecule has 0 radical (unpaired) electrons. The zero-order valence-corrected chi connectivity index (χ0v) is 16.4. The molecule has 1 heterocycles. The maximum absolute atomic E-state index is 12.6. The maximum atomic E-state index is 12.6. The summed E-state index contributed by atoms with van der Waals surface area (Å²) in [4.78, 5) is 14.3. The second-order valence-electron chi connectivity index (χ2n) is 8.17. The summed E-state index contributed by atoms with van der Waals surface area (Å²) in [6, 6.07) is 17.9. The predicted molar refractivity (Wildman–Crippen MR) is 107 cm³/mol. The van der Waals surface area contributed by atoms with Gasteiger partial charge in [-0.15, -0.1) is 0 Å². The summed E-state index contributed by atoms with van der Waals surface area (Å²) in [5.41, 5.74) is 2.54. The molecule has 0 bridgehead atoms. The van der Waals surface area contributed by atoms with E-state index < -0.39 is 11.7 Å². The number of carbonyl (C=O) groups excluding carboxylic acids is 1. The summed E-state index contributed by atoms with van der Waals surface area (Å²) < 4.78 is 5.55. The van der Waals surface area contributed by atoms with Crippen molar-refractivity contribution in [3.63, 3.8) is 0 Å². The van der Waals surface area contributed by atoms with Crippen LogP contribution in [0.1, 0.15) is 51.7 Å². The molecule has 2 atom stereocenters. The Labute approximate surface area is 161 Å². The molecule has 0 saturated carbocycles. The van der Waals surface area contributed by atoms with Crippen molar-refractivity contribution in [1.29, 1.82) is 0 Å². The van der Waals surface area contributed by atoms with E-state index in [1.54, 1.807) is 4.90 Å². The van der Waals surface area contributed by atoms with E-state index in [1.165, 1.54) is 0 Å². The average Bonchev–Trinajstić information content (AvgIpc) is 2.67. The molecule has 2 aromatic rings. The normalized spacial score (nSPS) is 18.8. The van der Waals surface area contributed by atoms with Crippen molar-refractivity contribution in [2.45, 2.75) is 57.8 Å². The zero-order chi connectivity index (χ0) is 19.4. The van der Waals surface area contributed by atoms with Crippen LogP contribution in [0.3, 0.4) is 0 Å². The highest BCUT2D eigenvalue weighted by atomic mass is 16.6. The van der Waals surface area contributed by atoms with Gasteiger partial charge < -0.3 is 14.7 Å². The third kappa shape index (κ3) is 4.89. The molecule has 4 nitrogen and oxygen atoms in total. The van der Waals surface area contributed by atoms with Gasteiger partial charge in [-0.1, -0.05) is 54.6 Å². The van der Waals surface area contributed by atoms with E-state index >= 15 is 0 Å². The number of aliphatic hydroxyl groups is 1. The number of nitrogens with zero attached hydrogens (tertiary/aromatic N) is 1. The molecule has 0 spiro atoms. The van der Waals surface area contributed by atoms with Crippen LogP contribution in [0.15, 0.2) is 54.6 Å². The molecular formula is C23H29NO3. The predicted octanol–water partition coefficient (Wildman–Crippen LogP) is 5.18. The summed E-state index contributed by atoms with van der Waals surface area (Å²) in [7, 11) is 0. The number of likely N-dealkylation sites (tertiary alicyclic amines) is 1. The van der Waals surface area contributed by atoms with Gasteiger partial charge in [-0.2, -0.15) is 0 Å². The number of benzene rings is 2. The molecule has 1 N–H and O–H groups in total. The van der Waals surface area contributed by atoms with Crippen LogP contribution in [-0.4, -0.2) is 34.3 Å². The van der Waals surface area contributed by atoms with Crippen LogP contribution in [0.5, 0.6) is 0 Å². The summed E-state index contributed by atoms with van der Waals surface area (Å²) >= 11 is 0. The van der Waals surface area contributed by atoms with Gasteiger partial charge in [0.15, 0.2) is 0 Å². The minimum Gasteiger partial charge on any atom is -0.444 e. The fraction of sp³-hybridized carbons (Fsp3) is 0.435. The highest BCUT2D eigenvalue weighted by Gasteiger charge is 2.35. The first-order valence-corrected chi connectivity index (χ1v) is 9.68. The van der Waals surface area contributed by atoms with Crippen LogP contribution < -0.4 is 0 Å². The van der Waals surface area contributed by atoms with Gasteiger partial charge in [0.25, 0.3) is 0 Å². The first kappa shape index (κ1) is 19.4. The maximum Gasteiger partial charge on any atom is 0.410 e. The Hall–Kier alpha value is -2.33. The fourth-order valence-electron chi connectivity index (χ4n) is 3.56. The lowest BCUT2D eigenvalue weighted by Crippen LogP contribution is -2.48. The van der Waals surface area contributed by atoms with Crippen molar-refractivity contribution < 1.29 is 14.6 Å². The summed E-state index contributed by atoms with van der Waals surface area (Å²) in [5, 5.41) is 11.0. The van der Waals surface area contributed by atoms with Crippen molar-refractivity contribution in [2.75, 3.05) is 6.54 Å². The van der Waals surface area contributed by atoms with Gasteiger partial charge in [-0.05, 0) is 56.7 Å². The fourth-order valence-corrected chi connectivity index (χ4v) is 3.56. The summed E-state index contributed by atoms with van der Waals surface area (Å²) in [6.45, 7) is 6.21. The van der Waals surface area contributed by atoms with Gasteiger partial charge in [0.1, 0.15) is 5.60 Å². The second-order valence-corrected chi connectivity index (χ2v) is 8.17. The molecule has 0 unspecified atom stereocenters. The Bertz CT molecular complexity index is 749. The Morgan fingerprint density at radius 3 is 2.30 bits per heavy atom. The molecule has 1 aliphatic rings. The molecule has 0 aliphatic carbocycles. The second kappa shape index (κ2) is 8.13. The van der Waals surface area contributed by atoms with Gasteiger partial charge in [0.05, 0.1) is 12.1 Å². The highest BCUT2D eigenvalue weighted by molar-refractivity contribution is 5.69. The van der Waals surface area contributed by atoms with Crippen LogP contribution in [0.25, 0.3) is 11.1 Å². The lowest BCUT2D eigenvalue weighted by atomic mass is 9.92. The largest absolute Gasteiger partial charge is 0.444 e. The van der Waals surface area contributed by atoms with Gasteiger partial charge in [-0.25, -0.2) is 4.79 Å². The smallest absolute Gasteiger partial charge is 0.410 e. The molecule has 144 valence electrons. The minimum atomic E-state index is -0.720. The topological polar surface area (TPSA) is 49.8 Å². The first-order valence-electron chi connectivity index (χ1n) is 9.68. The summed E-state index contributed by atoms with van der Waals surface area (Å²) in [5.74, 6) is 0. The Morgan fingerprint density at radius 2 is 1.67 bits per heavy atom. The SMILES string of the molecule is CC(C)(C)OC(=O)N1CCCC[C@H]1[C@@H](O)c1ccc(-c2ccccc2)cc1. The molecule has 1 fully saturated rings. The van der Waals surface area contributed by atoms with Crippen LogP contribution in [-0.2, 0) is 4.74 Å². The number of carbonyl (C=O) groups is 1. The van der Waals surface area contributed by atoms with Gasteiger partial charge in [0, 0.05) is 6.54 Å². The van der Waals surface area contributed by atoms with Crippen molar-refractivity contribution in [3.8, 4) is 11.1 Å². The number of piperidine rings is 1. The number of hydrogen-bond donors (Lipinski definition) is 1. The van der Waals surface area contributed by atoms with Gasteiger partial charge in [-0.3, -0.25) is 0 Å². The standard InChI is InChI=1S/C23H29NO3/c1-23(2,3)27-22(26)24-16-8-7-11-20(24)21(25)19-14-12-18(13-15-19)17-9-5-4-6-10-17/h4-6,9-10,12-15,20-21,25H,7-8,11,16H2,1-3H3/t20-,21-/m0/s1. The quantitative estimate of drug-likeness (QED) is 0.813. The molecule has 3 rings (SSSR count). The number of rotatable bonds is 3. The molecule has 1 aliphatic heterocycles. The molecule has 0 aromatic heterocycles. The Kier molecular flexibility index (Phi) is 5.85. The molecular weight excluding hydrogens is 338 g/mol. The third-order valence-corrected chi connectivity index (χ3v) is 4.90. The highest BCUT2D eigenvalue weighted by Crippen LogP contribution is 2.31. The molecule has 1 saturated heterocycles. The average molecular weight is 367 g/mol. The van der Waals surface area contributed by atoms with E-state index in [-0.39, 0.29) is 12.1 Å². The van der Waals surface area contributed by atoms with E-state index in [2.05, 4.69) is 12.1 Å². The molecule has 2 aromatic carbocycles. The first-order chi connectivity index (χ1) is 12.8. The third-order valence-electron chi connectivity index (χ3n) is 4.90. The lowest BCUT2D eigenvalue weighted by molar-refractivity contribution is -0.0169. The number of hydrogen-bond acceptors (Lipinski definition) is 3. The van der Waals surface area contributed by atoms with Crippen molar-refractivity contribution >= 4 is 6.09 Å². The number of ether oxygens (including phenoxy) is 1. The zero-order valence-electron chi connectivity index (χ0n) is 16.4. The monoisotopic (exact) mass is 367 g/mol. The van der Waals surface area contributed by atoms with Gasteiger partial charge in [0.2, 0.25) is 0 Å². The summed E-state index contributed by atoms with van der Waals surface area (Å²) in [6.07, 6.45) is 1.66.